The Hall–Kier alpha value is -1.33. The summed E-state index contributed by atoms with van der Waals surface area (Å²) in [6, 6.07) is 2.10. The van der Waals surface area contributed by atoms with Gasteiger partial charge in [-0.25, -0.2) is 4.39 Å². The van der Waals surface area contributed by atoms with Gasteiger partial charge in [0.2, 0.25) is 0 Å². The van der Waals surface area contributed by atoms with Crippen LogP contribution >= 0.6 is 0 Å². The smallest absolute Gasteiger partial charge is 0.149 e. The van der Waals surface area contributed by atoms with Gasteiger partial charge in [-0.15, -0.1) is 0 Å². The number of nitrogen functional groups attached to an aromatic ring is 1. The largest absolute Gasteiger partial charge is 0.507 e. The van der Waals surface area contributed by atoms with E-state index in [1.165, 1.54) is 13.0 Å². The summed E-state index contributed by atoms with van der Waals surface area (Å²) in [5.41, 5.74) is 9.97. The standard InChI is InChI=1S/C9H13FN2O2/c1-9(12,4-13)5-2-7(11)6(10)3-8(5)14/h2-3,13-14H,4,11-12H2,1H3. The molecule has 0 aliphatic rings. The first-order valence-electron chi connectivity index (χ1n) is 4.06. The van der Waals surface area contributed by atoms with Gasteiger partial charge in [0.05, 0.1) is 17.8 Å². The summed E-state index contributed by atoms with van der Waals surface area (Å²) in [6.45, 7) is 1.14. The van der Waals surface area contributed by atoms with Gasteiger partial charge in [0.1, 0.15) is 11.6 Å². The molecule has 0 saturated carbocycles. The second-order valence-electron chi connectivity index (χ2n) is 3.47. The Kier molecular flexibility index (Phi) is 2.64. The number of phenolic OH excluding ortho intramolecular Hbond substituents is 1. The van der Waals surface area contributed by atoms with E-state index in [4.69, 9.17) is 16.6 Å². The van der Waals surface area contributed by atoms with Crippen LogP contribution in [0.4, 0.5) is 10.1 Å². The molecule has 0 aliphatic heterocycles. The molecule has 1 atom stereocenters. The number of phenols is 1. The first-order chi connectivity index (χ1) is 6.38. The Bertz CT molecular complexity index is 353. The number of rotatable bonds is 2. The van der Waals surface area contributed by atoms with E-state index in [9.17, 15) is 9.50 Å². The normalized spacial score (nSPS) is 15.1. The molecular formula is C9H13FN2O2. The van der Waals surface area contributed by atoms with Gasteiger partial charge in [0, 0.05) is 11.6 Å². The molecule has 0 spiro atoms. The van der Waals surface area contributed by atoms with E-state index < -0.39 is 11.4 Å². The van der Waals surface area contributed by atoms with Gasteiger partial charge < -0.3 is 21.7 Å². The van der Waals surface area contributed by atoms with E-state index in [2.05, 4.69) is 0 Å². The van der Waals surface area contributed by atoms with E-state index in [1.54, 1.807) is 0 Å². The SMILES string of the molecule is CC(N)(CO)c1cc(N)c(F)cc1O. The minimum absolute atomic E-state index is 0.108. The molecule has 0 bridgehead atoms. The Labute approximate surface area is 81.0 Å². The monoisotopic (exact) mass is 200 g/mol. The molecule has 0 radical (unpaired) electrons. The molecule has 6 N–H and O–H groups in total. The Balaban J connectivity index is 3.29. The van der Waals surface area contributed by atoms with Gasteiger partial charge in [-0.2, -0.15) is 0 Å². The van der Waals surface area contributed by atoms with Gasteiger partial charge >= 0.3 is 0 Å². The van der Waals surface area contributed by atoms with E-state index in [1.807, 2.05) is 0 Å². The highest BCUT2D eigenvalue weighted by molar-refractivity contribution is 5.51. The molecule has 1 aromatic carbocycles. The van der Waals surface area contributed by atoms with E-state index in [0.29, 0.717) is 0 Å². The quantitative estimate of drug-likeness (QED) is 0.407. The fourth-order valence-corrected chi connectivity index (χ4v) is 1.12. The number of hydrogen-bond donors (Lipinski definition) is 4. The minimum Gasteiger partial charge on any atom is -0.507 e. The maximum atomic E-state index is 12.9. The van der Waals surface area contributed by atoms with Crippen molar-refractivity contribution >= 4 is 5.69 Å². The maximum Gasteiger partial charge on any atom is 0.149 e. The van der Waals surface area contributed by atoms with Crippen LogP contribution in [0.2, 0.25) is 0 Å². The number of benzene rings is 1. The molecule has 14 heavy (non-hydrogen) atoms. The molecule has 78 valence electrons. The van der Waals surface area contributed by atoms with Crippen molar-refractivity contribution in [2.75, 3.05) is 12.3 Å². The van der Waals surface area contributed by atoms with Crippen LogP contribution in [-0.2, 0) is 5.54 Å². The summed E-state index contributed by atoms with van der Waals surface area (Å²) in [7, 11) is 0. The average molecular weight is 200 g/mol. The van der Waals surface area contributed by atoms with Crippen LogP contribution in [0.5, 0.6) is 5.75 Å². The highest BCUT2D eigenvalue weighted by atomic mass is 19.1. The number of aromatic hydroxyl groups is 1. The molecule has 5 heteroatoms. The molecule has 0 heterocycles. The summed E-state index contributed by atoms with van der Waals surface area (Å²) in [6.07, 6.45) is 0. The average Bonchev–Trinajstić information content (AvgIpc) is 2.11. The molecular weight excluding hydrogens is 187 g/mol. The second kappa shape index (κ2) is 3.43. The lowest BCUT2D eigenvalue weighted by Crippen LogP contribution is -2.37. The predicted molar refractivity (Wildman–Crippen MR) is 51.1 cm³/mol. The van der Waals surface area contributed by atoms with Crippen LogP contribution in [0.3, 0.4) is 0 Å². The van der Waals surface area contributed by atoms with Crippen LogP contribution in [0.1, 0.15) is 12.5 Å². The second-order valence-corrected chi connectivity index (χ2v) is 3.47. The van der Waals surface area contributed by atoms with E-state index >= 15 is 0 Å². The first kappa shape index (κ1) is 10.7. The lowest BCUT2D eigenvalue weighted by molar-refractivity contribution is 0.207. The number of halogens is 1. The third kappa shape index (κ3) is 1.78. The molecule has 1 aromatic rings. The van der Waals surface area contributed by atoms with Crippen molar-refractivity contribution in [3.05, 3.63) is 23.5 Å². The van der Waals surface area contributed by atoms with Crippen molar-refractivity contribution < 1.29 is 14.6 Å². The van der Waals surface area contributed by atoms with Crippen molar-refractivity contribution in [3.8, 4) is 5.75 Å². The highest BCUT2D eigenvalue weighted by Gasteiger charge is 2.24. The number of aliphatic hydroxyl groups excluding tert-OH is 1. The van der Waals surface area contributed by atoms with Gasteiger partial charge in [-0.1, -0.05) is 0 Å². The zero-order valence-electron chi connectivity index (χ0n) is 7.79. The number of nitrogens with two attached hydrogens (primary N) is 2. The zero-order valence-corrected chi connectivity index (χ0v) is 7.79. The first-order valence-corrected chi connectivity index (χ1v) is 4.06. The van der Waals surface area contributed by atoms with Crippen molar-refractivity contribution in [1.29, 1.82) is 0 Å². The van der Waals surface area contributed by atoms with Crippen LogP contribution in [0.15, 0.2) is 12.1 Å². The fourth-order valence-electron chi connectivity index (χ4n) is 1.12. The van der Waals surface area contributed by atoms with E-state index in [0.717, 1.165) is 6.07 Å². The fraction of sp³-hybridized carbons (Fsp3) is 0.333. The molecule has 1 rings (SSSR count). The van der Waals surface area contributed by atoms with Crippen LogP contribution in [0, 0.1) is 5.82 Å². The van der Waals surface area contributed by atoms with Crippen LogP contribution < -0.4 is 11.5 Å². The predicted octanol–water partition coefficient (Wildman–Crippen LogP) is 0.280. The Morgan fingerprint density at radius 2 is 2.07 bits per heavy atom. The van der Waals surface area contributed by atoms with Crippen molar-refractivity contribution in [1.82, 2.24) is 0 Å². The molecule has 0 aliphatic carbocycles. The summed E-state index contributed by atoms with van der Waals surface area (Å²) in [5.74, 6) is -1.02. The molecule has 0 saturated heterocycles. The Morgan fingerprint density at radius 1 is 1.50 bits per heavy atom. The summed E-state index contributed by atoms with van der Waals surface area (Å²) < 4.78 is 12.9. The zero-order chi connectivity index (χ0) is 10.9. The van der Waals surface area contributed by atoms with Crippen LogP contribution in [-0.4, -0.2) is 16.8 Å². The lowest BCUT2D eigenvalue weighted by Gasteiger charge is -2.23. The number of anilines is 1. The van der Waals surface area contributed by atoms with Gasteiger partial charge in [-0.3, -0.25) is 0 Å². The molecule has 0 fully saturated rings. The third-order valence-electron chi connectivity index (χ3n) is 2.06. The third-order valence-corrected chi connectivity index (χ3v) is 2.06. The summed E-state index contributed by atoms with van der Waals surface area (Å²) in [4.78, 5) is 0. The lowest BCUT2D eigenvalue weighted by atomic mass is 9.93. The summed E-state index contributed by atoms with van der Waals surface area (Å²) in [5, 5.41) is 18.4. The number of hydrogen-bond acceptors (Lipinski definition) is 4. The maximum absolute atomic E-state index is 12.9. The number of aliphatic hydroxyl groups is 1. The molecule has 1 unspecified atom stereocenters. The van der Waals surface area contributed by atoms with Crippen LogP contribution in [0.25, 0.3) is 0 Å². The molecule has 0 aromatic heterocycles. The van der Waals surface area contributed by atoms with Crippen molar-refractivity contribution in [3.63, 3.8) is 0 Å². The van der Waals surface area contributed by atoms with Gasteiger partial charge in [0.15, 0.2) is 0 Å². The summed E-state index contributed by atoms with van der Waals surface area (Å²) >= 11 is 0. The van der Waals surface area contributed by atoms with Crippen molar-refractivity contribution in [2.24, 2.45) is 5.73 Å². The Morgan fingerprint density at radius 3 is 2.57 bits per heavy atom. The van der Waals surface area contributed by atoms with Gasteiger partial charge in [0.25, 0.3) is 0 Å². The molecule has 0 amide bonds. The topological polar surface area (TPSA) is 92.5 Å². The van der Waals surface area contributed by atoms with E-state index in [-0.39, 0.29) is 23.6 Å². The highest BCUT2D eigenvalue weighted by Crippen LogP contribution is 2.30. The minimum atomic E-state index is -1.13. The van der Waals surface area contributed by atoms with Crippen molar-refractivity contribution in [2.45, 2.75) is 12.5 Å². The van der Waals surface area contributed by atoms with Gasteiger partial charge in [-0.05, 0) is 13.0 Å². The molecule has 4 nitrogen and oxygen atoms in total.